The van der Waals surface area contributed by atoms with E-state index in [9.17, 15) is 4.79 Å². The summed E-state index contributed by atoms with van der Waals surface area (Å²) < 4.78 is 15.8. The van der Waals surface area contributed by atoms with Crippen LogP contribution in [0.15, 0.2) is 18.2 Å². The van der Waals surface area contributed by atoms with Crippen LogP contribution in [0, 0.1) is 0 Å². The number of hydrogen-bond donors (Lipinski definition) is 1. The fourth-order valence-electron chi connectivity index (χ4n) is 1.60. The smallest absolute Gasteiger partial charge is 0.347 e. The van der Waals surface area contributed by atoms with Crippen molar-refractivity contribution in [2.45, 2.75) is 26.4 Å². The van der Waals surface area contributed by atoms with Crippen LogP contribution in [-0.2, 0) is 9.53 Å². The molecular formula is C14H19NO4S. The molecule has 1 aromatic carbocycles. The Morgan fingerprint density at radius 1 is 1.35 bits per heavy atom. The molecule has 0 radical (unpaired) electrons. The molecule has 0 aromatic heterocycles. The molecule has 5 nitrogen and oxygen atoms in total. The number of hydrogen-bond acceptors (Lipinski definition) is 5. The average Bonchev–Trinajstić information content (AvgIpc) is 2.44. The van der Waals surface area contributed by atoms with Crippen molar-refractivity contribution in [1.29, 1.82) is 0 Å². The average molecular weight is 297 g/mol. The first kappa shape index (κ1) is 16.2. The van der Waals surface area contributed by atoms with Crippen LogP contribution in [0.1, 0.15) is 25.8 Å². The zero-order chi connectivity index (χ0) is 15.1. The highest BCUT2D eigenvalue weighted by molar-refractivity contribution is 7.80. The number of nitrogens with two attached hydrogens (primary N) is 1. The highest BCUT2D eigenvalue weighted by Crippen LogP contribution is 2.29. The van der Waals surface area contributed by atoms with Crippen LogP contribution >= 0.6 is 12.2 Å². The Hall–Kier alpha value is -1.82. The molecule has 0 aliphatic rings. The fourth-order valence-corrected chi connectivity index (χ4v) is 1.73. The van der Waals surface area contributed by atoms with Gasteiger partial charge in [0.15, 0.2) is 17.6 Å². The van der Waals surface area contributed by atoms with Gasteiger partial charge in [0.2, 0.25) is 0 Å². The molecule has 0 bridgehead atoms. The lowest BCUT2D eigenvalue weighted by Gasteiger charge is -2.18. The quantitative estimate of drug-likeness (QED) is 0.613. The highest BCUT2D eigenvalue weighted by atomic mass is 32.1. The number of rotatable bonds is 7. The summed E-state index contributed by atoms with van der Waals surface area (Å²) in [7, 11) is 1.51. The van der Waals surface area contributed by atoms with E-state index in [-0.39, 0.29) is 4.99 Å². The van der Waals surface area contributed by atoms with E-state index in [0.717, 1.165) is 0 Å². The predicted octanol–water partition coefficient (Wildman–Crippen LogP) is 2.05. The molecule has 1 atom stereocenters. The zero-order valence-corrected chi connectivity index (χ0v) is 12.7. The van der Waals surface area contributed by atoms with Crippen molar-refractivity contribution >= 4 is 23.2 Å². The standard InChI is InChI=1S/C14H19NO4S/c1-4-10(14(16)18-5-2)19-11-7-6-9(13(15)20)8-12(11)17-3/h6-8,10H,4-5H2,1-3H3,(H2,15,20). The number of methoxy groups -OCH3 is 1. The molecule has 0 fully saturated rings. The Balaban J connectivity index is 2.95. The molecule has 0 heterocycles. The summed E-state index contributed by atoms with van der Waals surface area (Å²) in [5.74, 6) is 0.529. The Morgan fingerprint density at radius 3 is 2.55 bits per heavy atom. The second-order valence-electron chi connectivity index (χ2n) is 4.00. The maximum absolute atomic E-state index is 11.7. The fraction of sp³-hybridized carbons (Fsp3) is 0.429. The van der Waals surface area contributed by atoms with E-state index in [2.05, 4.69) is 0 Å². The number of carbonyl (C=O) groups excluding carboxylic acids is 1. The number of benzene rings is 1. The molecule has 6 heteroatoms. The third-order valence-electron chi connectivity index (χ3n) is 2.64. The summed E-state index contributed by atoms with van der Waals surface area (Å²) in [5, 5.41) is 0. The third kappa shape index (κ3) is 4.09. The molecule has 0 saturated heterocycles. The van der Waals surface area contributed by atoms with Gasteiger partial charge in [0.25, 0.3) is 0 Å². The van der Waals surface area contributed by atoms with Gasteiger partial charge in [0.05, 0.1) is 13.7 Å². The first-order valence-electron chi connectivity index (χ1n) is 6.34. The molecule has 110 valence electrons. The maximum Gasteiger partial charge on any atom is 0.347 e. The Bertz CT molecular complexity index is 490. The molecule has 0 aliphatic heterocycles. The topological polar surface area (TPSA) is 70.8 Å². The molecule has 0 aliphatic carbocycles. The summed E-state index contributed by atoms with van der Waals surface area (Å²) in [6.45, 7) is 3.91. The van der Waals surface area contributed by atoms with E-state index < -0.39 is 12.1 Å². The lowest BCUT2D eigenvalue weighted by atomic mass is 10.2. The highest BCUT2D eigenvalue weighted by Gasteiger charge is 2.21. The van der Waals surface area contributed by atoms with E-state index in [1.54, 1.807) is 25.1 Å². The normalized spacial score (nSPS) is 11.6. The lowest BCUT2D eigenvalue weighted by molar-refractivity contribution is -0.151. The van der Waals surface area contributed by atoms with E-state index in [4.69, 9.17) is 32.2 Å². The van der Waals surface area contributed by atoms with Crippen LogP contribution in [0.2, 0.25) is 0 Å². The van der Waals surface area contributed by atoms with Crippen molar-refractivity contribution in [3.8, 4) is 11.5 Å². The van der Waals surface area contributed by atoms with Crippen LogP contribution in [0.3, 0.4) is 0 Å². The monoisotopic (exact) mass is 297 g/mol. The van der Waals surface area contributed by atoms with Crippen LogP contribution in [0.25, 0.3) is 0 Å². The number of thiocarbonyl (C=S) groups is 1. The van der Waals surface area contributed by atoms with Gasteiger partial charge in [-0.25, -0.2) is 4.79 Å². The van der Waals surface area contributed by atoms with Crippen molar-refractivity contribution in [3.63, 3.8) is 0 Å². The Kier molecular flexibility index (Phi) is 6.24. The van der Waals surface area contributed by atoms with Gasteiger partial charge in [0, 0.05) is 5.56 Å². The van der Waals surface area contributed by atoms with E-state index >= 15 is 0 Å². The second kappa shape index (κ2) is 7.69. The minimum Gasteiger partial charge on any atom is -0.493 e. The number of ether oxygens (including phenoxy) is 3. The van der Waals surface area contributed by atoms with Crippen molar-refractivity contribution in [2.75, 3.05) is 13.7 Å². The molecule has 1 unspecified atom stereocenters. The molecular weight excluding hydrogens is 278 g/mol. The van der Waals surface area contributed by atoms with Gasteiger partial charge >= 0.3 is 5.97 Å². The Labute approximate surface area is 124 Å². The van der Waals surface area contributed by atoms with Gasteiger partial charge in [-0.05, 0) is 31.5 Å². The molecule has 0 saturated carbocycles. The van der Waals surface area contributed by atoms with Crippen LogP contribution in [0.4, 0.5) is 0 Å². The maximum atomic E-state index is 11.7. The largest absolute Gasteiger partial charge is 0.493 e. The van der Waals surface area contributed by atoms with Gasteiger partial charge < -0.3 is 19.9 Å². The first-order chi connectivity index (χ1) is 9.53. The summed E-state index contributed by atoms with van der Waals surface area (Å²) in [4.78, 5) is 12.0. The number of esters is 1. The molecule has 0 amide bonds. The molecule has 20 heavy (non-hydrogen) atoms. The van der Waals surface area contributed by atoms with Gasteiger partial charge in [-0.3, -0.25) is 0 Å². The summed E-state index contributed by atoms with van der Waals surface area (Å²) in [6.07, 6.45) is -0.168. The van der Waals surface area contributed by atoms with Crippen molar-refractivity contribution in [3.05, 3.63) is 23.8 Å². The van der Waals surface area contributed by atoms with Gasteiger partial charge in [-0.2, -0.15) is 0 Å². The van der Waals surface area contributed by atoms with Gasteiger partial charge in [0.1, 0.15) is 4.99 Å². The van der Waals surface area contributed by atoms with E-state index in [1.807, 2.05) is 6.92 Å². The van der Waals surface area contributed by atoms with E-state index in [0.29, 0.717) is 30.1 Å². The lowest BCUT2D eigenvalue weighted by Crippen LogP contribution is -2.28. The van der Waals surface area contributed by atoms with Crippen LogP contribution in [-0.4, -0.2) is 30.8 Å². The number of carbonyl (C=O) groups is 1. The van der Waals surface area contributed by atoms with Crippen LogP contribution < -0.4 is 15.2 Å². The molecule has 0 spiro atoms. The Morgan fingerprint density at radius 2 is 2.05 bits per heavy atom. The second-order valence-corrected chi connectivity index (χ2v) is 4.44. The zero-order valence-electron chi connectivity index (χ0n) is 11.8. The molecule has 2 N–H and O–H groups in total. The van der Waals surface area contributed by atoms with Gasteiger partial charge in [-0.15, -0.1) is 0 Å². The van der Waals surface area contributed by atoms with Gasteiger partial charge in [-0.1, -0.05) is 19.1 Å². The van der Waals surface area contributed by atoms with E-state index in [1.165, 1.54) is 7.11 Å². The van der Waals surface area contributed by atoms with Crippen molar-refractivity contribution in [1.82, 2.24) is 0 Å². The summed E-state index contributed by atoms with van der Waals surface area (Å²) in [5.41, 5.74) is 6.24. The van der Waals surface area contributed by atoms with Crippen LogP contribution in [0.5, 0.6) is 11.5 Å². The predicted molar refractivity (Wildman–Crippen MR) is 80.2 cm³/mol. The minimum atomic E-state index is -0.667. The SMILES string of the molecule is CCOC(=O)C(CC)Oc1ccc(C(N)=S)cc1OC. The first-order valence-corrected chi connectivity index (χ1v) is 6.75. The van der Waals surface area contributed by atoms with Crippen molar-refractivity contribution < 1.29 is 19.0 Å². The third-order valence-corrected chi connectivity index (χ3v) is 2.87. The summed E-state index contributed by atoms with van der Waals surface area (Å²) in [6, 6.07) is 5.07. The minimum absolute atomic E-state index is 0.271. The molecule has 1 aromatic rings. The summed E-state index contributed by atoms with van der Waals surface area (Å²) >= 11 is 4.91. The van der Waals surface area contributed by atoms with Crippen molar-refractivity contribution in [2.24, 2.45) is 5.73 Å². The molecule has 1 rings (SSSR count).